The number of ether oxygens (including phenoxy) is 1. The third-order valence-corrected chi connectivity index (χ3v) is 2.26. The summed E-state index contributed by atoms with van der Waals surface area (Å²) in [6.07, 6.45) is 2.99. The molecule has 0 bridgehead atoms. The van der Waals surface area contributed by atoms with Gasteiger partial charge in [0.2, 0.25) is 0 Å². The van der Waals surface area contributed by atoms with Gasteiger partial charge in [0.05, 0.1) is 29.1 Å². The SMILES string of the molecule is N#Cc1ccc(OCc2ccoc2)c([N+](=O)[O-])c1. The van der Waals surface area contributed by atoms with E-state index in [4.69, 9.17) is 14.4 Å². The fourth-order valence-electron chi connectivity index (χ4n) is 1.39. The second-order valence-corrected chi connectivity index (χ2v) is 3.47. The van der Waals surface area contributed by atoms with E-state index in [9.17, 15) is 10.1 Å². The molecule has 0 spiro atoms. The molecule has 18 heavy (non-hydrogen) atoms. The Morgan fingerprint density at radius 3 is 2.89 bits per heavy atom. The number of hydrogen-bond donors (Lipinski definition) is 0. The highest BCUT2D eigenvalue weighted by atomic mass is 16.6. The molecule has 0 unspecified atom stereocenters. The fraction of sp³-hybridized carbons (Fsp3) is 0.0833. The number of nitrogens with zero attached hydrogens (tertiary/aromatic N) is 2. The molecule has 0 aliphatic heterocycles. The molecular weight excluding hydrogens is 236 g/mol. The summed E-state index contributed by atoms with van der Waals surface area (Å²) in [7, 11) is 0. The fourth-order valence-corrected chi connectivity index (χ4v) is 1.39. The van der Waals surface area contributed by atoms with Crippen LogP contribution >= 0.6 is 0 Å². The number of nitro groups is 1. The maximum atomic E-state index is 10.8. The molecule has 2 aromatic rings. The zero-order chi connectivity index (χ0) is 13.0. The van der Waals surface area contributed by atoms with Crippen molar-refractivity contribution in [2.24, 2.45) is 0 Å². The average Bonchev–Trinajstić information content (AvgIpc) is 2.89. The molecule has 6 nitrogen and oxygen atoms in total. The van der Waals surface area contributed by atoms with E-state index in [1.807, 2.05) is 6.07 Å². The summed E-state index contributed by atoms with van der Waals surface area (Å²) in [5.74, 6) is 0.125. The number of furan rings is 1. The first-order valence-corrected chi connectivity index (χ1v) is 5.03. The summed E-state index contributed by atoms with van der Waals surface area (Å²) >= 11 is 0. The van der Waals surface area contributed by atoms with Gasteiger partial charge in [0.15, 0.2) is 5.75 Å². The van der Waals surface area contributed by atoms with E-state index in [1.165, 1.54) is 30.7 Å². The Bertz CT molecular complexity index is 599. The van der Waals surface area contributed by atoms with Crippen molar-refractivity contribution in [2.75, 3.05) is 0 Å². The third-order valence-electron chi connectivity index (χ3n) is 2.26. The lowest BCUT2D eigenvalue weighted by atomic mass is 10.2. The molecule has 0 saturated heterocycles. The molecule has 0 amide bonds. The Labute approximate surface area is 102 Å². The first kappa shape index (κ1) is 11.7. The van der Waals surface area contributed by atoms with Crippen molar-refractivity contribution in [2.45, 2.75) is 6.61 Å². The molecule has 0 radical (unpaired) electrons. The molecule has 0 aliphatic rings. The smallest absolute Gasteiger partial charge is 0.312 e. The van der Waals surface area contributed by atoms with Crippen LogP contribution in [0.1, 0.15) is 11.1 Å². The van der Waals surface area contributed by atoms with Crippen LogP contribution in [0, 0.1) is 21.4 Å². The van der Waals surface area contributed by atoms with Crippen molar-refractivity contribution in [1.29, 1.82) is 5.26 Å². The molecule has 1 aromatic heterocycles. The summed E-state index contributed by atoms with van der Waals surface area (Å²) in [5, 5.41) is 19.5. The summed E-state index contributed by atoms with van der Waals surface area (Å²) in [6, 6.07) is 7.62. The van der Waals surface area contributed by atoms with Gasteiger partial charge in [-0.1, -0.05) is 0 Å². The Hall–Kier alpha value is -2.81. The van der Waals surface area contributed by atoms with E-state index >= 15 is 0 Å². The van der Waals surface area contributed by atoms with Crippen LogP contribution in [0.5, 0.6) is 5.75 Å². The van der Waals surface area contributed by atoms with Crippen LogP contribution in [-0.2, 0) is 6.61 Å². The van der Waals surface area contributed by atoms with Crippen molar-refractivity contribution in [1.82, 2.24) is 0 Å². The van der Waals surface area contributed by atoms with Crippen molar-refractivity contribution in [3.05, 3.63) is 58.0 Å². The monoisotopic (exact) mass is 244 g/mol. The van der Waals surface area contributed by atoms with Gasteiger partial charge in [0, 0.05) is 11.6 Å². The van der Waals surface area contributed by atoms with Gasteiger partial charge in [-0.3, -0.25) is 10.1 Å². The minimum atomic E-state index is -0.578. The van der Waals surface area contributed by atoms with Gasteiger partial charge >= 0.3 is 5.69 Å². The second kappa shape index (κ2) is 5.01. The standard InChI is InChI=1S/C12H8N2O4/c13-6-9-1-2-12(11(5-9)14(15)16)18-8-10-3-4-17-7-10/h1-5,7H,8H2. The minimum absolute atomic E-state index is 0.125. The molecule has 0 atom stereocenters. The third kappa shape index (κ3) is 2.47. The van der Waals surface area contributed by atoms with E-state index in [2.05, 4.69) is 0 Å². The minimum Gasteiger partial charge on any atom is -0.482 e. The van der Waals surface area contributed by atoms with Crippen molar-refractivity contribution in [3.63, 3.8) is 0 Å². The molecule has 90 valence electrons. The van der Waals surface area contributed by atoms with Crippen LogP contribution in [0.3, 0.4) is 0 Å². The summed E-state index contributed by atoms with van der Waals surface area (Å²) < 4.78 is 10.2. The van der Waals surface area contributed by atoms with Gasteiger partial charge in [-0.25, -0.2) is 0 Å². The van der Waals surface area contributed by atoms with E-state index < -0.39 is 4.92 Å². The van der Waals surface area contributed by atoms with Crippen LogP contribution in [-0.4, -0.2) is 4.92 Å². The lowest BCUT2D eigenvalue weighted by molar-refractivity contribution is -0.386. The molecule has 0 N–H and O–H groups in total. The molecule has 1 aromatic carbocycles. The van der Waals surface area contributed by atoms with Crippen LogP contribution in [0.25, 0.3) is 0 Å². The van der Waals surface area contributed by atoms with Crippen LogP contribution < -0.4 is 4.74 Å². The van der Waals surface area contributed by atoms with Crippen molar-refractivity contribution in [3.8, 4) is 11.8 Å². The van der Waals surface area contributed by atoms with Gasteiger partial charge in [-0.2, -0.15) is 5.26 Å². The van der Waals surface area contributed by atoms with Gasteiger partial charge < -0.3 is 9.15 Å². The number of nitriles is 1. The maximum Gasteiger partial charge on any atom is 0.312 e. The Morgan fingerprint density at radius 2 is 2.28 bits per heavy atom. The Balaban J connectivity index is 2.22. The van der Waals surface area contributed by atoms with Crippen molar-refractivity contribution < 1.29 is 14.1 Å². The Kier molecular flexibility index (Phi) is 3.25. The molecular formula is C12H8N2O4. The number of rotatable bonds is 4. The van der Waals surface area contributed by atoms with Crippen LogP contribution in [0.2, 0.25) is 0 Å². The molecule has 2 rings (SSSR count). The number of nitro benzene ring substituents is 1. The van der Waals surface area contributed by atoms with E-state index in [1.54, 1.807) is 6.07 Å². The van der Waals surface area contributed by atoms with Gasteiger partial charge in [-0.15, -0.1) is 0 Å². The average molecular weight is 244 g/mol. The predicted molar refractivity (Wildman–Crippen MR) is 60.9 cm³/mol. The largest absolute Gasteiger partial charge is 0.482 e. The number of hydrogen-bond acceptors (Lipinski definition) is 5. The predicted octanol–water partition coefficient (Wildman–Crippen LogP) is 2.64. The van der Waals surface area contributed by atoms with Crippen LogP contribution in [0.15, 0.2) is 41.2 Å². The lowest BCUT2D eigenvalue weighted by Gasteiger charge is -2.05. The normalized spacial score (nSPS) is 9.72. The Morgan fingerprint density at radius 1 is 1.44 bits per heavy atom. The molecule has 1 heterocycles. The molecule has 0 fully saturated rings. The first-order valence-electron chi connectivity index (χ1n) is 5.03. The van der Waals surface area contributed by atoms with Gasteiger partial charge in [0.1, 0.15) is 6.61 Å². The first-order chi connectivity index (χ1) is 8.70. The van der Waals surface area contributed by atoms with E-state index in [0.717, 1.165) is 5.56 Å². The summed E-state index contributed by atoms with van der Waals surface area (Å²) in [6.45, 7) is 0.170. The maximum absolute atomic E-state index is 10.8. The van der Waals surface area contributed by atoms with Crippen LogP contribution in [0.4, 0.5) is 5.69 Å². The van der Waals surface area contributed by atoms with E-state index in [-0.39, 0.29) is 23.6 Å². The zero-order valence-corrected chi connectivity index (χ0v) is 9.20. The summed E-state index contributed by atoms with van der Waals surface area (Å²) in [5.41, 5.74) is 0.767. The second-order valence-electron chi connectivity index (χ2n) is 3.47. The highest BCUT2D eigenvalue weighted by molar-refractivity contribution is 5.51. The molecule has 0 saturated carbocycles. The summed E-state index contributed by atoms with van der Waals surface area (Å²) in [4.78, 5) is 10.3. The molecule has 0 aliphatic carbocycles. The van der Waals surface area contributed by atoms with Gasteiger partial charge in [-0.05, 0) is 18.2 Å². The lowest BCUT2D eigenvalue weighted by Crippen LogP contribution is -1.98. The van der Waals surface area contributed by atoms with Crippen molar-refractivity contribution >= 4 is 5.69 Å². The molecule has 6 heteroatoms. The number of benzene rings is 1. The van der Waals surface area contributed by atoms with E-state index in [0.29, 0.717) is 0 Å². The highest BCUT2D eigenvalue weighted by Gasteiger charge is 2.16. The zero-order valence-electron chi connectivity index (χ0n) is 9.20. The van der Waals surface area contributed by atoms with Gasteiger partial charge in [0.25, 0.3) is 0 Å². The quantitative estimate of drug-likeness (QED) is 0.609. The highest BCUT2D eigenvalue weighted by Crippen LogP contribution is 2.28. The topological polar surface area (TPSA) is 89.3 Å².